The van der Waals surface area contributed by atoms with Crippen LogP contribution in [0, 0.1) is 6.92 Å². The van der Waals surface area contributed by atoms with Crippen molar-refractivity contribution in [1.82, 2.24) is 0 Å². The lowest BCUT2D eigenvalue weighted by Gasteiger charge is -2.08. The standard InChI is InChI=1S/C12H18N2O2/c1-9-5-6-11(10(13)8-9)14-12(15)4-3-7-16-2/h5-6,8H,3-4,7,13H2,1-2H3,(H,14,15). The smallest absolute Gasteiger partial charge is 0.224 e. The molecule has 4 nitrogen and oxygen atoms in total. The van der Waals surface area contributed by atoms with E-state index >= 15 is 0 Å². The molecular formula is C12H18N2O2. The molecule has 0 radical (unpaired) electrons. The number of methoxy groups -OCH3 is 1. The van der Waals surface area contributed by atoms with Gasteiger partial charge in [0.1, 0.15) is 0 Å². The summed E-state index contributed by atoms with van der Waals surface area (Å²) in [7, 11) is 1.62. The highest BCUT2D eigenvalue weighted by Gasteiger charge is 2.04. The summed E-state index contributed by atoms with van der Waals surface area (Å²) in [6, 6.07) is 5.57. The molecule has 0 saturated carbocycles. The number of ether oxygens (including phenoxy) is 1. The third kappa shape index (κ3) is 3.90. The fraction of sp³-hybridized carbons (Fsp3) is 0.417. The van der Waals surface area contributed by atoms with Crippen molar-refractivity contribution < 1.29 is 9.53 Å². The van der Waals surface area contributed by atoms with E-state index < -0.39 is 0 Å². The molecule has 0 bridgehead atoms. The summed E-state index contributed by atoms with van der Waals surface area (Å²) in [6.07, 6.45) is 1.16. The Kier molecular flexibility index (Phi) is 4.79. The Hall–Kier alpha value is -1.55. The molecule has 0 saturated heterocycles. The highest BCUT2D eigenvalue weighted by molar-refractivity contribution is 5.93. The highest BCUT2D eigenvalue weighted by atomic mass is 16.5. The summed E-state index contributed by atoms with van der Waals surface area (Å²) in [5, 5.41) is 2.78. The topological polar surface area (TPSA) is 64.3 Å². The molecule has 0 aromatic heterocycles. The molecule has 4 heteroatoms. The Bertz CT molecular complexity index is 364. The lowest BCUT2D eigenvalue weighted by molar-refractivity contribution is -0.116. The van der Waals surface area contributed by atoms with Crippen molar-refractivity contribution in [2.75, 3.05) is 24.8 Å². The van der Waals surface area contributed by atoms with E-state index in [9.17, 15) is 4.79 Å². The molecule has 0 atom stereocenters. The molecule has 1 aromatic carbocycles. The maximum absolute atomic E-state index is 11.5. The molecule has 0 unspecified atom stereocenters. The molecule has 1 aromatic rings. The van der Waals surface area contributed by atoms with E-state index in [1.54, 1.807) is 7.11 Å². The molecule has 0 heterocycles. The average Bonchev–Trinajstić information content (AvgIpc) is 2.23. The molecule has 0 spiro atoms. The molecule has 0 fully saturated rings. The Morgan fingerprint density at radius 1 is 1.50 bits per heavy atom. The molecule has 1 amide bonds. The minimum absolute atomic E-state index is 0.0346. The molecule has 3 N–H and O–H groups in total. The van der Waals surface area contributed by atoms with Crippen LogP contribution in [-0.2, 0) is 9.53 Å². The van der Waals surface area contributed by atoms with Crippen LogP contribution in [0.2, 0.25) is 0 Å². The zero-order chi connectivity index (χ0) is 12.0. The van der Waals surface area contributed by atoms with Crippen LogP contribution < -0.4 is 11.1 Å². The Labute approximate surface area is 95.8 Å². The molecule has 0 aliphatic heterocycles. The summed E-state index contributed by atoms with van der Waals surface area (Å²) in [5.74, 6) is -0.0346. The second-order valence-corrected chi connectivity index (χ2v) is 3.74. The number of hydrogen-bond donors (Lipinski definition) is 2. The Balaban J connectivity index is 2.49. The number of hydrogen-bond acceptors (Lipinski definition) is 3. The van der Waals surface area contributed by atoms with Crippen LogP contribution in [0.4, 0.5) is 11.4 Å². The summed E-state index contributed by atoms with van der Waals surface area (Å²) in [4.78, 5) is 11.5. The summed E-state index contributed by atoms with van der Waals surface area (Å²) in [5.41, 5.74) is 8.14. The first kappa shape index (κ1) is 12.5. The van der Waals surface area contributed by atoms with E-state index in [4.69, 9.17) is 10.5 Å². The van der Waals surface area contributed by atoms with Crippen molar-refractivity contribution in [2.45, 2.75) is 19.8 Å². The third-order valence-corrected chi connectivity index (χ3v) is 2.23. The fourth-order valence-corrected chi connectivity index (χ4v) is 1.39. The van der Waals surface area contributed by atoms with Gasteiger partial charge in [0.25, 0.3) is 0 Å². The van der Waals surface area contributed by atoms with Crippen molar-refractivity contribution in [3.63, 3.8) is 0 Å². The van der Waals surface area contributed by atoms with Gasteiger partial charge in [0.15, 0.2) is 0 Å². The van der Waals surface area contributed by atoms with Gasteiger partial charge in [-0.2, -0.15) is 0 Å². The maximum Gasteiger partial charge on any atom is 0.224 e. The minimum Gasteiger partial charge on any atom is -0.397 e. The molecule has 0 aliphatic rings. The van der Waals surface area contributed by atoms with E-state index in [1.807, 2.05) is 25.1 Å². The van der Waals surface area contributed by atoms with Crippen LogP contribution in [0.25, 0.3) is 0 Å². The van der Waals surface area contributed by atoms with Crippen molar-refractivity contribution in [3.05, 3.63) is 23.8 Å². The van der Waals surface area contributed by atoms with Crippen molar-refractivity contribution >= 4 is 17.3 Å². The first-order chi connectivity index (χ1) is 7.63. The monoisotopic (exact) mass is 222 g/mol. The van der Waals surface area contributed by atoms with Gasteiger partial charge in [-0.3, -0.25) is 4.79 Å². The Morgan fingerprint density at radius 2 is 2.25 bits per heavy atom. The molecule has 16 heavy (non-hydrogen) atoms. The SMILES string of the molecule is COCCCC(=O)Nc1ccc(C)cc1N. The van der Waals surface area contributed by atoms with Crippen molar-refractivity contribution in [3.8, 4) is 0 Å². The van der Waals surface area contributed by atoms with Gasteiger partial charge >= 0.3 is 0 Å². The summed E-state index contributed by atoms with van der Waals surface area (Å²) in [6.45, 7) is 2.55. The highest BCUT2D eigenvalue weighted by Crippen LogP contribution is 2.19. The second kappa shape index (κ2) is 6.12. The number of nitrogens with two attached hydrogens (primary N) is 1. The van der Waals surface area contributed by atoms with Crippen LogP contribution in [-0.4, -0.2) is 19.6 Å². The molecular weight excluding hydrogens is 204 g/mol. The van der Waals surface area contributed by atoms with Gasteiger partial charge in [-0.1, -0.05) is 6.07 Å². The summed E-state index contributed by atoms with van der Waals surface area (Å²) < 4.78 is 4.88. The molecule has 88 valence electrons. The number of benzene rings is 1. The maximum atomic E-state index is 11.5. The number of aryl methyl sites for hydroxylation is 1. The van der Waals surface area contributed by atoms with Gasteiger partial charge in [-0.05, 0) is 31.0 Å². The number of carbonyl (C=O) groups excluding carboxylic acids is 1. The zero-order valence-electron chi connectivity index (χ0n) is 9.75. The van der Waals surface area contributed by atoms with Crippen LogP contribution in [0.5, 0.6) is 0 Å². The van der Waals surface area contributed by atoms with Crippen LogP contribution >= 0.6 is 0 Å². The zero-order valence-corrected chi connectivity index (χ0v) is 9.75. The predicted molar refractivity (Wildman–Crippen MR) is 65.3 cm³/mol. The van der Waals surface area contributed by atoms with Gasteiger partial charge < -0.3 is 15.8 Å². The summed E-state index contributed by atoms with van der Waals surface area (Å²) >= 11 is 0. The average molecular weight is 222 g/mol. The van der Waals surface area contributed by atoms with Crippen molar-refractivity contribution in [1.29, 1.82) is 0 Å². The number of rotatable bonds is 5. The molecule has 0 aliphatic carbocycles. The second-order valence-electron chi connectivity index (χ2n) is 3.74. The third-order valence-electron chi connectivity index (χ3n) is 2.23. The lowest BCUT2D eigenvalue weighted by atomic mass is 10.2. The van der Waals surface area contributed by atoms with Gasteiger partial charge in [0.05, 0.1) is 11.4 Å². The quantitative estimate of drug-likeness (QED) is 0.591. The van der Waals surface area contributed by atoms with E-state index in [0.29, 0.717) is 30.8 Å². The first-order valence-electron chi connectivity index (χ1n) is 5.28. The molecule has 1 rings (SSSR count). The number of nitrogen functional groups attached to an aromatic ring is 1. The van der Waals surface area contributed by atoms with E-state index in [-0.39, 0.29) is 5.91 Å². The number of anilines is 2. The van der Waals surface area contributed by atoms with E-state index in [2.05, 4.69) is 5.32 Å². The van der Waals surface area contributed by atoms with Gasteiger partial charge in [0, 0.05) is 20.1 Å². The van der Waals surface area contributed by atoms with E-state index in [1.165, 1.54) is 0 Å². The van der Waals surface area contributed by atoms with Crippen molar-refractivity contribution in [2.24, 2.45) is 0 Å². The normalized spacial score (nSPS) is 10.1. The number of nitrogens with one attached hydrogen (secondary N) is 1. The fourth-order valence-electron chi connectivity index (χ4n) is 1.39. The number of carbonyl (C=O) groups is 1. The van der Waals surface area contributed by atoms with Gasteiger partial charge in [-0.15, -0.1) is 0 Å². The van der Waals surface area contributed by atoms with Gasteiger partial charge in [-0.25, -0.2) is 0 Å². The minimum atomic E-state index is -0.0346. The largest absolute Gasteiger partial charge is 0.397 e. The first-order valence-corrected chi connectivity index (χ1v) is 5.28. The predicted octanol–water partition coefficient (Wildman–Crippen LogP) is 1.94. The van der Waals surface area contributed by atoms with Crippen LogP contribution in [0.1, 0.15) is 18.4 Å². The number of amides is 1. The van der Waals surface area contributed by atoms with Gasteiger partial charge in [0.2, 0.25) is 5.91 Å². The Morgan fingerprint density at radius 3 is 2.88 bits per heavy atom. The van der Waals surface area contributed by atoms with E-state index in [0.717, 1.165) is 5.56 Å². The lowest BCUT2D eigenvalue weighted by Crippen LogP contribution is -2.13. The van der Waals surface area contributed by atoms with Crippen LogP contribution in [0.15, 0.2) is 18.2 Å². The van der Waals surface area contributed by atoms with Crippen LogP contribution in [0.3, 0.4) is 0 Å².